The van der Waals surface area contributed by atoms with E-state index in [4.69, 9.17) is 21.0 Å². The van der Waals surface area contributed by atoms with Gasteiger partial charge in [-0.25, -0.2) is 15.0 Å². The fourth-order valence-electron chi connectivity index (χ4n) is 5.18. The molecule has 188 valence electrons. The van der Waals surface area contributed by atoms with E-state index >= 15 is 0 Å². The van der Waals surface area contributed by atoms with Gasteiger partial charge in [-0.05, 0) is 61.3 Å². The van der Waals surface area contributed by atoms with Gasteiger partial charge < -0.3 is 11.1 Å². The van der Waals surface area contributed by atoms with E-state index in [1.807, 2.05) is 42.5 Å². The lowest BCUT2D eigenvalue weighted by Crippen LogP contribution is -2.43. The first-order valence-electron chi connectivity index (χ1n) is 12.8. The Kier molecular flexibility index (Phi) is 6.42. The molecule has 3 aromatic heterocycles. The van der Waals surface area contributed by atoms with E-state index in [0.717, 1.165) is 66.1 Å². The highest BCUT2D eigenvalue weighted by Gasteiger charge is 2.21. The highest BCUT2D eigenvalue weighted by Crippen LogP contribution is 2.32. The lowest BCUT2D eigenvalue weighted by Gasteiger charge is -2.32. The number of aromatic nitrogens is 4. The van der Waals surface area contributed by atoms with Crippen LogP contribution in [0.4, 0.5) is 5.82 Å². The van der Waals surface area contributed by atoms with Gasteiger partial charge in [0.2, 0.25) is 0 Å². The molecule has 5 aromatic rings. The molecule has 1 aliphatic rings. The van der Waals surface area contributed by atoms with Crippen molar-refractivity contribution >= 4 is 17.0 Å². The second-order valence-electron chi connectivity index (χ2n) is 9.61. The number of nitrogens with two attached hydrogens (primary N) is 1. The molecule has 0 bridgehead atoms. The second kappa shape index (κ2) is 10.3. The summed E-state index contributed by atoms with van der Waals surface area (Å²) in [5, 5.41) is 11.9. The van der Waals surface area contributed by atoms with Crippen LogP contribution in [-0.2, 0) is 6.54 Å². The standard InChI is InChI=1S/C30H28N8/c31-20-34-23-8-5-17-37(19-23)18-21-10-12-24(13-11-21)38-29(25-9-4-16-33-28(25)32)36-27-15-14-26(35-30(27)38)22-6-2-1-3-7-22/h1-4,6-7,9-16,23,34H,5,8,17-19H2,(H2,32,33)/t23-/m0/s1. The molecule has 0 unspecified atom stereocenters. The van der Waals surface area contributed by atoms with Crippen LogP contribution in [-0.4, -0.2) is 43.6 Å². The highest BCUT2D eigenvalue weighted by atomic mass is 15.2. The molecule has 1 fully saturated rings. The van der Waals surface area contributed by atoms with Crippen molar-refractivity contribution in [2.45, 2.75) is 25.4 Å². The fraction of sp³-hybridized carbons (Fsp3) is 0.200. The number of hydrogen-bond acceptors (Lipinski definition) is 7. The van der Waals surface area contributed by atoms with Gasteiger partial charge in [-0.2, -0.15) is 5.26 Å². The van der Waals surface area contributed by atoms with Crippen LogP contribution in [0.5, 0.6) is 0 Å². The molecule has 8 heteroatoms. The first-order valence-corrected chi connectivity index (χ1v) is 12.8. The highest BCUT2D eigenvalue weighted by molar-refractivity contribution is 5.84. The molecule has 1 atom stereocenters. The number of imidazole rings is 1. The summed E-state index contributed by atoms with van der Waals surface area (Å²) in [5.41, 5.74) is 12.7. The zero-order valence-corrected chi connectivity index (χ0v) is 21.0. The van der Waals surface area contributed by atoms with E-state index < -0.39 is 0 Å². The number of pyridine rings is 2. The summed E-state index contributed by atoms with van der Waals surface area (Å²) >= 11 is 0. The summed E-state index contributed by atoms with van der Waals surface area (Å²) in [6, 6.07) is 26.7. The maximum absolute atomic E-state index is 8.99. The molecular weight excluding hydrogens is 472 g/mol. The Labute approximate surface area is 221 Å². The lowest BCUT2D eigenvalue weighted by molar-refractivity contribution is 0.191. The molecule has 8 nitrogen and oxygen atoms in total. The van der Waals surface area contributed by atoms with Gasteiger partial charge >= 0.3 is 0 Å². The van der Waals surface area contributed by atoms with Crippen LogP contribution in [0.3, 0.4) is 0 Å². The van der Waals surface area contributed by atoms with E-state index in [2.05, 4.69) is 62.4 Å². The number of anilines is 1. The SMILES string of the molecule is N#CN[C@H]1CCCN(Cc2ccc(-n3c(-c4cccnc4N)nc4ccc(-c5ccccc5)nc43)cc2)C1. The van der Waals surface area contributed by atoms with Gasteiger partial charge in [-0.3, -0.25) is 9.47 Å². The maximum atomic E-state index is 8.99. The number of nitrogens with one attached hydrogen (secondary N) is 1. The Hall–Kier alpha value is -4.74. The quantitative estimate of drug-likeness (QED) is 0.255. The molecule has 0 amide bonds. The fourth-order valence-corrected chi connectivity index (χ4v) is 5.18. The largest absolute Gasteiger partial charge is 0.383 e. The van der Waals surface area contributed by atoms with Crippen LogP contribution in [0.1, 0.15) is 18.4 Å². The molecule has 2 aromatic carbocycles. The van der Waals surface area contributed by atoms with E-state index in [1.165, 1.54) is 5.56 Å². The molecule has 0 spiro atoms. The average Bonchev–Trinajstić information content (AvgIpc) is 3.33. The van der Waals surface area contributed by atoms with Crippen LogP contribution in [0.15, 0.2) is 85.1 Å². The minimum absolute atomic E-state index is 0.225. The predicted molar refractivity (Wildman–Crippen MR) is 149 cm³/mol. The molecular formula is C30H28N8. The van der Waals surface area contributed by atoms with Crippen molar-refractivity contribution in [2.75, 3.05) is 18.8 Å². The van der Waals surface area contributed by atoms with Gasteiger partial charge in [-0.15, -0.1) is 0 Å². The van der Waals surface area contributed by atoms with Crippen molar-refractivity contribution < 1.29 is 0 Å². The smallest absolute Gasteiger partial charge is 0.176 e. The second-order valence-corrected chi connectivity index (χ2v) is 9.61. The zero-order valence-electron chi connectivity index (χ0n) is 21.0. The summed E-state index contributed by atoms with van der Waals surface area (Å²) < 4.78 is 2.06. The maximum Gasteiger partial charge on any atom is 0.176 e. The van der Waals surface area contributed by atoms with Crippen molar-refractivity contribution in [2.24, 2.45) is 0 Å². The lowest BCUT2D eigenvalue weighted by atomic mass is 10.0. The van der Waals surface area contributed by atoms with Gasteiger partial charge in [0.05, 0.1) is 11.3 Å². The van der Waals surface area contributed by atoms with Crippen LogP contribution >= 0.6 is 0 Å². The summed E-state index contributed by atoms with van der Waals surface area (Å²) in [6.07, 6.45) is 5.90. The third-order valence-corrected chi connectivity index (χ3v) is 7.03. The van der Waals surface area contributed by atoms with Gasteiger partial charge in [0.25, 0.3) is 0 Å². The van der Waals surface area contributed by atoms with Crippen LogP contribution in [0, 0.1) is 11.5 Å². The van der Waals surface area contributed by atoms with Crippen LogP contribution in [0.2, 0.25) is 0 Å². The summed E-state index contributed by atoms with van der Waals surface area (Å²) in [4.78, 5) is 16.7. The van der Waals surface area contributed by atoms with Crippen LogP contribution < -0.4 is 11.1 Å². The number of nitrogens with zero attached hydrogens (tertiary/aromatic N) is 6. The monoisotopic (exact) mass is 500 g/mol. The molecule has 1 saturated heterocycles. The van der Waals surface area contributed by atoms with Gasteiger partial charge in [0, 0.05) is 36.6 Å². The number of fused-ring (bicyclic) bond motifs is 1. The third kappa shape index (κ3) is 4.67. The molecule has 0 aliphatic carbocycles. The average molecular weight is 501 g/mol. The molecule has 38 heavy (non-hydrogen) atoms. The third-order valence-electron chi connectivity index (χ3n) is 7.03. The van der Waals surface area contributed by atoms with E-state index in [1.54, 1.807) is 6.20 Å². The normalized spacial score (nSPS) is 15.8. The summed E-state index contributed by atoms with van der Waals surface area (Å²) in [6.45, 7) is 2.75. The topological polar surface area (TPSA) is 109 Å². The van der Waals surface area contributed by atoms with Gasteiger partial charge in [-0.1, -0.05) is 42.5 Å². The zero-order chi connectivity index (χ0) is 25.9. The molecule has 6 rings (SSSR count). The molecule has 0 saturated carbocycles. The van der Waals surface area contributed by atoms with E-state index in [0.29, 0.717) is 11.6 Å². The number of benzene rings is 2. The Balaban J connectivity index is 1.39. The van der Waals surface area contributed by atoms with E-state index in [9.17, 15) is 0 Å². The number of hydrogen-bond donors (Lipinski definition) is 2. The minimum Gasteiger partial charge on any atom is -0.383 e. The Morgan fingerprint density at radius 3 is 2.61 bits per heavy atom. The van der Waals surface area contributed by atoms with Gasteiger partial charge in [0.15, 0.2) is 17.7 Å². The molecule has 3 N–H and O–H groups in total. The Morgan fingerprint density at radius 1 is 0.974 bits per heavy atom. The first kappa shape index (κ1) is 23.6. The van der Waals surface area contributed by atoms with Crippen LogP contribution in [0.25, 0.3) is 39.5 Å². The first-order chi connectivity index (χ1) is 18.7. The van der Waals surface area contributed by atoms with Crippen molar-refractivity contribution in [3.05, 3.63) is 90.6 Å². The number of likely N-dealkylation sites (tertiary alicyclic amines) is 1. The molecule has 4 heterocycles. The summed E-state index contributed by atoms with van der Waals surface area (Å²) in [7, 11) is 0. The Bertz CT molecular complexity index is 1600. The van der Waals surface area contributed by atoms with Crippen molar-refractivity contribution in [1.29, 1.82) is 5.26 Å². The number of nitriles is 1. The summed E-state index contributed by atoms with van der Waals surface area (Å²) in [5.74, 6) is 1.13. The van der Waals surface area contributed by atoms with E-state index in [-0.39, 0.29) is 6.04 Å². The molecule has 1 aliphatic heterocycles. The molecule has 0 radical (unpaired) electrons. The number of piperidine rings is 1. The predicted octanol–water partition coefficient (Wildman–Crippen LogP) is 4.77. The van der Waals surface area contributed by atoms with Gasteiger partial charge in [0.1, 0.15) is 11.3 Å². The van der Waals surface area contributed by atoms with Crippen molar-refractivity contribution in [3.63, 3.8) is 0 Å². The van der Waals surface area contributed by atoms with Crippen molar-refractivity contribution in [3.8, 4) is 34.5 Å². The number of rotatable bonds is 6. The Morgan fingerprint density at radius 2 is 1.82 bits per heavy atom. The minimum atomic E-state index is 0.225. The number of nitrogen functional groups attached to an aromatic ring is 1. The van der Waals surface area contributed by atoms with Crippen molar-refractivity contribution in [1.82, 2.24) is 29.7 Å².